The second kappa shape index (κ2) is 6.97. The van der Waals surface area contributed by atoms with Gasteiger partial charge in [-0.25, -0.2) is 4.39 Å². The third-order valence-electron chi connectivity index (χ3n) is 3.71. The summed E-state index contributed by atoms with van der Waals surface area (Å²) in [5, 5.41) is 10.7. The maximum absolute atomic E-state index is 13.2. The normalized spacial score (nSPS) is 12.2. The monoisotopic (exact) mass is 341 g/mol. The summed E-state index contributed by atoms with van der Waals surface area (Å²) >= 11 is 1.32. The van der Waals surface area contributed by atoms with E-state index in [0.717, 1.165) is 16.3 Å². The molecule has 1 aromatic heterocycles. The van der Waals surface area contributed by atoms with E-state index in [-0.39, 0.29) is 17.0 Å². The lowest BCUT2D eigenvalue weighted by molar-refractivity contribution is -0.117. The van der Waals surface area contributed by atoms with Crippen LogP contribution in [0, 0.1) is 5.82 Å². The average molecular weight is 341 g/mol. The van der Waals surface area contributed by atoms with Crippen LogP contribution in [0.1, 0.15) is 13.3 Å². The number of primary amides is 1. The second-order valence-electron chi connectivity index (χ2n) is 5.32. The highest BCUT2D eigenvalue weighted by Crippen LogP contribution is 2.34. The van der Waals surface area contributed by atoms with Gasteiger partial charge in [0.25, 0.3) is 0 Å². The fourth-order valence-corrected chi connectivity index (χ4v) is 3.41. The molecule has 0 spiro atoms. The molecule has 0 saturated carbocycles. The van der Waals surface area contributed by atoms with Crippen molar-refractivity contribution >= 4 is 28.4 Å². The summed E-state index contributed by atoms with van der Waals surface area (Å²) in [7, 11) is 0. The number of thioether (sulfide) groups is 1. The van der Waals surface area contributed by atoms with Gasteiger partial charge in [0, 0.05) is 16.3 Å². The summed E-state index contributed by atoms with van der Waals surface area (Å²) in [6.07, 6.45) is 0.621. The summed E-state index contributed by atoms with van der Waals surface area (Å²) in [5.74, 6) is -0.661. The SMILES string of the molecule is CC[C@H](Sc1nnc(-c2ccc(F)cc2)c2ccccc12)C(N)=O. The molecule has 0 saturated heterocycles. The molecule has 1 heterocycles. The van der Waals surface area contributed by atoms with Crippen molar-refractivity contribution in [3.05, 3.63) is 54.3 Å². The van der Waals surface area contributed by atoms with Gasteiger partial charge in [0.2, 0.25) is 5.91 Å². The van der Waals surface area contributed by atoms with Crippen LogP contribution in [0.4, 0.5) is 4.39 Å². The summed E-state index contributed by atoms with van der Waals surface area (Å²) in [5.41, 5.74) is 6.90. The van der Waals surface area contributed by atoms with Crippen molar-refractivity contribution in [2.24, 2.45) is 5.73 Å². The molecule has 0 aliphatic carbocycles. The zero-order valence-electron chi connectivity index (χ0n) is 13.1. The Morgan fingerprint density at radius 1 is 1.12 bits per heavy atom. The van der Waals surface area contributed by atoms with Crippen molar-refractivity contribution < 1.29 is 9.18 Å². The molecule has 2 N–H and O–H groups in total. The molecule has 1 atom stereocenters. The molecule has 0 bridgehead atoms. The van der Waals surface area contributed by atoms with Gasteiger partial charge in [-0.15, -0.1) is 10.2 Å². The molecule has 0 aliphatic heterocycles. The Kier molecular flexibility index (Phi) is 4.76. The van der Waals surface area contributed by atoms with Crippen LogP contribution in [0.5, 0.6) is 0 Å². The summed E-state index contributed by atoms with van der Waals surface area (Å²) in [6, 6.07) is 13.9. The van der Waals surface area contributed by atoms with Crippen LogP contribution in [-0.2, 0) is 4.79 Å². The minimum absolute atomic E-state index is 0.296. The van der Waals surface area contributed by atoms with Crippen LogP contribution in [-0.4, -0.2) is 21.4 Å². The van der Waals surface area contributed by atoms with Gasteiger partial charge < -0.3 is 5.73 Å². The molecule has 4 nitrogen and oxygen atoms in total. The minimum atomic E-state index is -0.365. The average Bonchev–Trinajstić information content (AvgIpc) is 2.60. The molecule has 0 unspecified atom stereocenters. The molecule has 3 aromatic rings. The van der Waals surface area contributed by atoms with Crippen molar-refractivity contribution in [1.29, 1.82) is 0 Å². The Balaban J connectivity index is 2.10. The molecule has 2 aromatic carbocycles. The van der Waals surface area contributed by atoms with E-state index >= 15 is 0 Å². The van der Waals surface area contributed by atoms with Crippen molar-refractivity contribution in [1.82, 2.24) is 10.2 Å². The van der Waals surface area contributed by atoms with Crippen LogP contribution < -0.4 is 5.73 Å². The number of nitrogens with zero attached hydrogens (tertiary/aromatic N) is 2. The zero-order chi connectivity index (χ0) is 17.1. The summed E-state index contributed by atoms with van der Waals surface area (Å²) in [4.78, 5) is 11.5. The number of amides is 1. The van der Waals surface area contributed by atoms with Crippen LogP contribution in [0.15, 0.2) is 53.6 Å². The molecule has 0 radical (unpaired) electrons. The molecule has 0 fully saturated rings. The predicted octanol–water partition coefficient (Wildman–Crippen LogP) is 3.79. The molecule has 6 heteroatoms. The van der Waals surface area contributed by atoms with E-state index in [2.05, 4.69) is 10.2 Å². The molecule has 24 heavy (non-hydrogen) atoms. The van der Waals surface area contributed by atoms with Crippen molar-refractivity contribution in [2.45, 2.75) is 23.6 Å². The highest BCUT2D eigenvalue weighted by atomic mass is 32.2. The number of halogens is 1. The van der Waals surface area contributed by atoms with Crippen molar-refractivity contribution in [2.75, 3.05) is 0 Å². The van der Waals surface area contributed by atoms with Crippen LogP contribution >= 0.6 is 11.8 Å². The zero-order valence-corrected chi connectivity index (χ0v) is 13.9. The number of carbonyl (C=O) groups excluding carboxylic acids is 1. The number of carbonyl (C=O) groups is 1. The Labute approximate surface area is 143 Å². The van der Waals surface area contributed by atoms with Gasteiger partial charge in [0.15, 0.2) is 0 Å². The minimum Gasteiger partial charge on any atom is -0.369 e. The van der Waals surface area contributed by atoms with E-state index in [9.17, 15) is 9.18 Å². The lowest BCUT2D eigenvalue weighted by Gasteiger charge is -2.13. The Hall–Kier alpha value is -2.47. The number of nitrogens with two attached hydrogens (primary N) is 1. The predicted molar refractivity (Wildman–Crippen MR) is 94.1 cm³/mol. The first kappa shape index (κ1) is 16.4. The lowest BCUT2D eigenvalue weighted by Crippen LogP contribution is -2.25. The highest BCUT2D eigenvalue weighted by Gasteiger charge is 2.18. The first-order valence-electron chi connectivity index (χ1n) is 7.57. The van der Waals surface area contributed by atoms with Gasteiger partial charge in [-0.3, -0.25) is 4.79 Å². The van der Waals surface area contributed by atoms with E-state index in [0.29, 0.717) is 17.1 Å². The quantitative estimate of drug-likeness (QED) is 0.717. The van der Waals surface area contributed by atoms with Crippen LogP contribution in [0.2, 0.25) is 0 Å². The largest absolute Gasteiger partial charge is 0.369 e. The van der Waals surface area contributed by atoms with Gasteiger partial charge in [-0.1, -0.05) is 43.0 Å². The molecule has 0 aliphatic rings. The van der Waals surface area contributed by atoms with E-state index < -0.39 is 0 Å². The summed E-state index contributed by atoms with van der Waals surface area (Å²) < 4.78 is 13.2. The number of hydrogen-bond acceptors (Lipinski definition) is 4. The fraction of sp³-hybridized carbons (Fsp3) is 0.167. The number of aromatic nitrogens is 2. The topological polar surface area (TPSA) is 68.9 Å². The second-order valence-corrected chi connectivity index (χ2v) is 6.51. The van der Waals surface area contributed by atoms with E-state index in [1.807, 2.05) is 31.2 Å². The van der Waals surface area contributed by atoms with Gasteiger partial charge in [0.05, 0.1) is 5.25 Å². The molecular weight excluding hydrogens is 325 g/mol. The van der Waals surface area contributed by atoms with E-state index in [4.69, 9.17) is 5.73 Å². The standard InChI is InChI=1S/C18H16FN3OS/c1-2-15(17(20)23)24-18-14-6-4-3-5-13(14)16(21-22-18)11-7-9-12(19)10-8-11/h3-10,15H,2H2,1H3,(H2,20,23)/t15-/m0/s1. The fourth-order valence-electron chi connectivity index (χ4n) is 2.46. The van der Waals surface area contributed by atoms with Gasteiger partial charge in [-0.05, 0) is 30.7 Å². The maximum Gasteiger partial charge on any atom is 0.230 e. The first-order chi connectivity index (χ1) is 11.6. The smallest absolute Gasteiger partial charge is 0.230 e. The third-order valence-corrected chi connectivity index (χ3v) is 5.09. The Bertz CT molecular complexity index is 883. The Morgan fingerprint density at radius 3 is 2.42 bits per heavy atom. The van der Waals surface area contributed by atoms with Crippen LogP contribution in [0.3, 0.4) is 0 Å². The summed E-state index contributed by atoms with van der Waals surface area (Å²) in [6.45, 7) is 1.91. The number of rotatable bonds is 5. The van der Waals surface area contributed by atoms with Gasteiger partial charge >= 0.3 is 0 Å². The maximum atomic E-state index is 13.2. The van der Waals surface area contributed by atoms with Crippen molar-refractivity contribution in [3.63, 3.8) is 0 Å². The number of benzene rings is 2. The lowest BCUT2D eigenvalue weighted by atomic mass is 10.1. The van der Waals surface area contributed by atoms with Gasteiger partial charge in [0.1, 0.15) is 16.5 Å². The number of hydrogen-bond donors (Lipinski definition) is 1. The molecule has 1 amide bonds. The first-order valence-corrected chi connectivity index (χ1v) is 8.45. The third kappa shape index (κ3) is 3.23. The van der Waals surface area contributed by atoms with Crippen molar-refractivity contribution in [3.8, 4) is 11.3 Å². The Morgan fingerprint density at radius 2 is 1.79 bits per heavy atom. The molecule has 3 rings (SSSR count). The molecule has 122 valence electrons. The highest BCUT2D eigenvalue weighted by molar-refractivity contribution is 8.00. The number of fused-ring (bicyclic) bond motifs is 1. The van der Waals surface area contributed by atoms with E-state index in [1.54, 1.807) is 12.1 Å². The van der Waals surface area contributed by atoms with E-state index in [1.165, 1.54) is 23.9 Å². The van der Waals surface area contributed by atoms with Crippen LogP contribution in [0.25, 0.3) is 22.0 Å². The van der Waals surface area contributed by atoms with Gasteiger partial charge in [-0.2, -0.15) is 0 Å². The molecular formula is C18H16FN3OS.